The Balaban J connectivity index is 1.47. The highest BCUT2D eigenvalue weighted by atomic mass is 16.5. The van der Waals surface area contributed by atoms with Crippen LogP contribution in [0.1, 0.15) is 18.7 Å². The fraction of sp³-hybridized carbons (Fsp3) is 0.412. The molecule has 1 fully saturated rings. The van der Waals surface area contributed by atoms with E-state index in [0.29, 0.717) is 19.5 Å². The molecule has 1 aromatic heterocycles. The van der Waals surface area contributed by atoms with Gasteiger partial charge in [-0.25, -0.2) is 4.98 Å². The Kier molecular flexibility index (Phi) is 4.42. The molecule has 5 nitrogen and oxygen atoms in total. The number of ether oxygens (including phenoxy) is 1. The van der Waals surface area contributed by atoms with Crippen molar-refractivity contribution in [2.75, 3.05) is 13.1 Å². The zero-order valence-corrected chi connectivity index (χ0v) is 12.8. The van der Waals surface area contributed by atoms with Gasteiger partial charge in [0, 0.05) is 38.3 Å². The molecule has 0 bridgehead atoms. The fourth-order valence-electron chi connectivity index (χ4n) is 2.76. The molecule has 1 saturated heterocycles. The monoisotopic (exact) mass is 299 g/mol. The highest BCUT2D eigenvalue weighted by Gasteiger charge is 2.27. The lowest BCUT2D eigenvalue weighted by Gasteiger charge is -2.17. The van der Waals surface area contributed by atoms with Gasteiger partial charge in [-0.3, -0.25) is 4.79 Å². The zero-order valence-electron chi connectivity index (χ0n) is 12.8. The van der Waals surface area contributed by atoms with Gasteiger partial charge in [0.1, 0.15) is 17.7 Å². The van der Waals surface area contributed by atoms with Crippen molar-refractivity contribution in [2.24, 2.45) is 0 Å². The van der Waals surface area contributed by atoms with E-state index >= 15 is 0 Å². The summed E-state index contributed by atoms with van der Waals surface area (Å²) >= 11 is 0. The van der Waals surface area contributed by atoms with Gasteiger partial charge in [0.15, 0.2) is 0 Å². The van der Waals surface area contributed by atoms with E-state index in [2.05, 4.69) is 4.98 Å². The second-order valence-electron chi connectivity index (χ2n) is 5.60. The van der Waals surface area contributed by atoms with Gasteiger partial charge in [-0.2, -0.15) is 0 Å². The van der Waals surface area contributed by atoms with Crippen molar-refractivity contribution in [1.82, 2.24) is 14.5 Å². The Morgan fingerprint density at radius 1 is 1.36 bits per heavy atom. The van der Waals surface area contributed by atoms with Crippen LogP contribution in [0.5, 0.6) is 5.75 Å². The van der Waals surface area contributed by atoms with Crippen LogP contribution in [-0.2, 0) is 11.3 Å². The summed E-state index contributed by atoms with van der Waals surface area (Å²) in [7, 11) is 0. The molecule has 1 aliphatic heterocycles. The van der Waals surface area contributed by atoms with Crippen molar-refractivity contribution in [2.45, 2.75) is 32.4 Å². The standard InChI is InChI=1S/C17H21N3O2/c1-14-18-9-12-19(14)11-8-17(21)20-10-7-16(13-20)22-15-5-3-2-4-6-15/h2-6,9,12,16H,7-8,10-11,13H2,1H3/t16-/m0/s1. The van der Waals surface area contributed by atoms with Crippen LogP contribution in [0.3, 0.4) is 0 Å². The number of imidazole rings is 1. The topological polar surface area (TPSA) is 47.4 Å². The number of aromatic nitrogens is 2. The molecule has 3 rings (SSSR count). The molecule has 0 radical (unpaired) electrons. The molecule has 0 spiro atoms. The van der Waals surface area contributed by atoms with Gasteiger partial charge < -0.3 is 14.2 Å². The van der Waals surface area contributed by atoms with Gasteiger partial charge in [0.05, 0.1) is 6.54 Å². The molecular formula is C17H21N3O2. The first-order valence-corrected chi connectivity index (χ1v) is 7.69. The maximum atomic E-state index is 12.3. The van der Waals surface area contributed by atoms with Crippen LogP contribution in [0.25, 0.3) is 0 Å². The van der Waals surface area contributed by atoms with E-state index in [9.17, 15) is 4.79 Å². The largest absolute Gasteiger partial charge is 0.489 e. The van der Waals surface area contributed by atoms with Crippen molar-refractivity contribution < 1.29 is 9.53 Å². The number of likely N-dealkylation sites (tertiary alicyclic amines) is 1. The quantitative estimate of drug-likeness (QED) is 0.851. The Labute approximate surface area is 130 Å². The SMILES string of the molecule is Cc1nccn1CCC(=O)N1CC[C@H](Oc2ccccc2)C1. The van der Waals surface area contributed by atoms with Crippen LogP contribution in [-0.4, -0.2) is 39.6 Å². The number of hydrogen-bond acceptors (Lipinski definition) is 3. The third kappa shape index (κ3) is 3.47. The highest BCUT2D eigenvalue weighted by molar-refractivity contribution is 5.76. The number of para-hydroxylation sites is 1. The van der Waals surface area contributed by atoms with Gasteiger partial charge in [-0.15, -0.1) is 0 Å². The number of rotatable bonds is 5. The van der Waals surface area contributed by atoms with Gasteiger partial charge in [0.2, 0.25) is 5.91 Å². The van der Waals surface area contributed by atoms with Crippen molar-refractivity contribution in [3.63, 3.8) is 0 Å². The lowest BCUT2D eigenvalue weighted by molar-refractivity contribution is -0.130. The highest BCUT2D eigenvalue weighted by Crippen LogP contribution is 2.18. The van der Waals surface area contributed by atoms with Crippen molar-refractivity contribution in [1.29, 1.82) is 0 Å². The first kappa shape index (κ1) is 14.6. The van der Waals surface area contributed by atoms with E-state index in [1.165, 1.54) is 0 Å². The number of aryl methyl sites for hydroxylation is 2. The minimum absolute atomic E-state index is 0.0985. The summed E-state index contributed by atoms with van der Waals surface area (Å²) < 4.78 is 7.92. The predicted molar refractivity (Wildman–Crippen MR) is 83.6 cm³/mol. The molecule has 1 aliphatic rings. The van der Waals surface area contributed by atoms with E-state index in [1.54, 1.807) is 6.20 Å². The van der Waals surface area contributed by atoms with Gasteiger partial charge in [-0.1, -0.05) is 18.2 Å². The molecule has 1 aromatic carbocycles. The molecule has 2 heterocycles. The predicted octanol–water partition coefficient (Wildman–Crippen LogP) is 2.26. The van der Waals surface area contributed by atoms with Crippen LogP contribution in [0.15, 0.2) is 42.7 Å². The molecule has 22 heavy (non-hydrogen) atoms. The average molecular weight is 299 g/mol. The molecule has 0 N–H and O–H groups in total. The van der Waals surface area contributed by atoms with Crippen molar-refractivity contribution >= 4 is 5.91 Å². The lowest BCUT2D eigenvalue weighted by Crippen LogP contribution is -2.31. The molecule has 1 amide bonds. The number of nitrogens with zero attached hydrogens (tertiary/aromatic N) is 3. The Morgan fingerprint density at radius 3 is 2.91 bits per heavy atom. The fourth-order valence-corrected chi connectivity index (χ4v) is 2.76. The summed E-state index contributed by atoms with van der Waals surface area (Å²) in [6.45, 7) is 4.09. The van der Waals surface area contributed by atoms with Gasteiger partial charge >= 0.3 is 0 Å². The van der Waals surface area contributed by atoms with Crippen LogP contribution in [0.2, 0.25) is 0 Å². The third-order valence-corrected chi connectivity index (χ3v) is 4.03. The molecule has 5 heteroatoms. The Bertz CT molecular complexity index is 624. The number of hydrogen-bond donors (Lipinski definition) is 0. The van der Waals surface area contributed by atoms with E-state index in [-0.39, 0.29) is 12.0 Å². The molecule has 0 unspecified atom stereocenters. The Hall–Kier alpha value is -2.30. The van der Waals surface area contributed by atoms with Crippen molar-refractivity contribution in [3.05, 3.63) is 48.5 Å². The van der Waals surface area contributed by atoms with E-state index < -0.39 is 0 Å². The normalized spacial score (nSPS) is 17.7. The summed E-state index contributed by atoms with van der Waals surface area (Å²) in [5.74, 6) is 2.00. The molecule has 1 atom stereocenters. The summed E-state index contributed by atoms with van der Waals surface area (Å²) in [6.07, 6.45) is 5.18. The zero-order chi connectivity index (χ0) is 15.4. The smallest absolute Gasteiger partial charge is 0.224 e. The minimum atomic E-state index is 0.0985. The number of carbonyl (C=O) groups is 1. The Morgan fingerprint density at radius 2 is 2.18 bits per heavy atom. The summed E-state index contributed by atoms with van der Waals surface area (Å²) in [5, 5.41) is 0. The van der Waals surface area contributed by atoms with Crippen LogP contribution in [0.4, 0.5) is 0 Å². The summed E-state index contributed by atoms with van der Waals surface area (Å²) in [4.78, 5) is 18.4. The molecule has 2 aromatic rings. The minimum Gasteiger partial charge on any atom is -0.489 e. The van der Waals surface area contributed by atoms with E-state index in [0.717, 1.165) is 24.5 Å². The van der Waals surface area contributed by atoms with Gasteiger partial charge in [-0.05, 0) is 19.1 Å². The van der Waals surface area contributed by atoms with E-state index in [1.807, 2.05) is 52.9 Å². The maximum absolute atomic E-state index is 12.3. The first-order chi connectivity index (χ1) is 10.7. The van der Waals surface area contributed by atoms with Gasteiger partial charge in [0.25, 0.3) is 0 Å². The second-order valence-corrected chi connectivity index (χ2v) is 5.60. The average Bonchev–Trinajstić information content (AvgIpc) is 3.15. The van der Waals surface area contributed by atoms with Crippen LogP contribution >= 0.6 is 0 Å². The number of carbonyl (C=O) groups excluding carboxylic acids is 1. The molecule has 0 saturated carbocycles. The summed E-state index contributed by atoms with van der Waals surface area (Å²) in [5.41, 5.74) is 0. The summed E-state index contributed by atoms with van der Waals surface area (Å²) in [6, 6.07) is 9.79. The lowest BCUT2D eigenvalue weighted by atomic mass is 10.3. The molecule has 0 aliphatic carbocycles. The first-order valence-electron chi connectivity index (χ1n) is 7.69. The molecule has 116 valence electrons. The maximum Gasteiger partial charge on any atom is 0.224 e. The number of amides is 1. The van der Waals surface area contributed by atoms with Crippen LogP contribution < -0.4 is 4.74 Å². The third-order valence-electron chi connectivity index (χ3n) is 4.03. The van der Waals surface area contributed by atoms with E-state index in [4.69, 9.17) is 4.74 Å². The number of benzene rings is 1. The van der Waals surface area contributed by atoms with Crippen molar-refractivity contribution in [3.8, 4) is 5.75 Å². The second kappa shape index (κ2) is 6.64. The molecular weight excluding hydrogens is 278 g/mol. The van der Waals surface area contributed by atoms with Crippen LogP contribution in [0, 0.1) is 6.92 Å².